The fourth-order valence-corrected chi connectivity index (χ4v) is 2.51. The maximum Gasteiger partial charge on any atom is 0.271 e. The average Bonchev–Trinajstić information content (AvgIpc) is 2.56. The molecule has 7 nitrogen and oxygen atoms in total. The lowest BCUT2D eigenvalue weighted by Gasteiger charge is -2.16. The molecule has 2 aromatic carbocycles. The molecule has 0 aliphatic carbocycles. The van der Waals surface area contributed by atoms with E-state index in [0.717, 1.165) is 0 Å². The molecule has 0 aromatic heterocycles. The Balaban J connectivity index is 2.05. The van der Waals surface area contributed by atoms with Crippen LogP contribution < -0.4 is 15.4 Å². The fraction of sp³-hybridized carbons (Fsp3) is 0.188. The van der Waals surface area contributed by atoms with Gasteiger partial charge in [0.1, 0.15) is 11.8 Å². The molecule has 0 saturated heterocycles. The van der Waals surface area contributed by atoms with Crippen LogP contribution in [0.2, 0.25) is 10.0 Å². The summed E-state index contributed by atoms with van der Waals surface area (Å²) < 4.78 is 5.07. The molecule has 2 rings (SSSR count). The zero-order chi connectivity index (χ0) is 18.6. The van der Waals surface area contributed by atoms with E-state index in [1.165, 1.54) is 25.3 Å². The van der Waals surface area contributed by atoms with Crippen LogP contribution in [0.15, 0.2) is 36.4 Å². The lowest BCUT2D eigenvalue weighted by Crippen LogP contribution is -2.31. The Labute approximate surface area is 154 Å². The summed E-state index contributed by atoms with van der Waals surface area (Å²) in [5.74, 6) is 0.171. The SMILES string of the molecule is COc1ccc(N[C@@H](C)C(=O)Nc2ccc([N+](=O)[O-])cc2Cl)cc1Cl. The van der Waals surface area contributed by atoms with Gasteiger partial charge in [0.25, 0.3) is 5.69 Å². The van der Waals surface area contributed by atoms with Crippen LogP contribution in [0.1, 0.15) is 6.92 Å². The molecule has 132 valence electrons. The van der Waals surface area contributed by atoms with Gasteiger partial charge in [0.15, 0.2) is 0 Å². The Morgan fingerprint density at radius 1 is 1.20 bits per heavy atom. The summed E-state index contributed by atoms with van der Waals surface area (Å²) in [6, 6.07) is 8.28. The molecule has 0 radical (unpaired) electrons. The number of carbonyl (C=O) groups is 1. The second-order valence-electron chi connectivity index (χ2n) is 5.13. The van der Waals surface area contributed by atoms with Crippen LogP contribution in [-0.4, -0.2) is 24.0 Å². The van der Waals surface area contributed by atoms with Crippen LogP contribution in [0.3, 0.4) is 0 Å². The van der Waals surface area contributed by atoms with Crippen molar-refractivity contribution in [2.45, 2.75) is 13.0 Å². The van der Waals surface area contributed by atoms with Crippen molar-refractivity contribution >= 4 is 46.2 Å². The molecule has 2 aromatic rings. The molecule has 1 amide bonds. The monoisotopic (exact) mass is 383 g/mol. The summed E-state index contributed by atoms with van der Waals surface area (Å²) >= 11 is 12.0. The molecule has 25 heavy (non-hydrogen) atoms. The molecule has 9 heteroatoms. The molecule has 0 aliphatic rings. The second kappa shape index (κ2) is 8.04. The van der Waals surface area contributed by atoms with Crippen molar-refractivity contribution in [2.75, 3.05) is 17.7 Å². The van der Waals surface area contributed by atoms with Gasteiger partial charge in [-0.25, -0.2) is 0 Å². The molecule has 1 atom stereocenters. The minimum absolute atomic E-state index is 0.0854. The summed E-state index contributed by atoms with van der Waals surface area (Å²) in [6.07, 6.45) is 0. The number of benzene rings is 2. The van der Waals surface area contributed by atoms with Crippen molar-refractivity contribution in [1.82, 2.24) is 0 Å². The lowest BCUT2D eigenvalue weighted by molar-refractivity contribution is -0.384. The van der Waals surface area contributed by atoms with E-state index in [2.05, 4.69) is 10.6 Å². The zero-order valence-electron chi connectivity index (χ0n) is 13.4. The first-order chi connectivity index (χ1) is 11.8. The Morgan fingerprint density at radius 2 is 1.92 bits per heavy atom. The normalized spacial score (nSPS) is 11.5. The molecule has 0 aliphatic heterocycles. The summed E-state index contributed by atoms with van der Waals surface area (Å²) in [4.78, 5) is 22.4. The van der Waals surface area contributed by atoms with Gasteiger partial charge in [0.2, 0.25) is 5.91 Å². The van der Waals surface area contributed by atoms with Gasteiger partial charge in [-0.3, -0.25) is 14.9 Å². The van der Waals surface area contributed by atoms with Crippen LogP contribution in [0.25, 0.3) is 0 Å². The number of anilines is 2. The van der Waals surface area contributed by atoms with E-state index in [1.54, 1.807) is 25.1 Å². The zero-order valence-corrected chi connectivity index (χ0v) is 14.9. The minimum Gasteiger partial charge on any atom is -0.495 e. The van der Waals surface area contributed by atoms with Crippen LogP contribution in [0.4, 0.5) is 17.1 Å². The summed E-state index contributed by atoms with van der Waals surface area (Å²) in [5, 5.41) is 16.8. The van der Waals surface area contributed by atoms with Gasteiger partial charge in [-0.2, -0.15) is 0 Å². The van der Waals surface area contributed by atoms with Crippen molar-refractivity contribution < 1.29 is 14.5 Å². The lowest BCUT2D eigenvalue weighted by atomic mass is 10.2. The van der Waals surface area contributed by atoms with Crippen LogP contribution in [0.5, 0.6) is 5.75 Å². The molecule has 0 heterocycles. The van der Waals surface area contributed by atoms with E-state index < -0.39 is 11.0 Å². The highest BCUT2D eigenvalue weighted by Crippen LogP contribution is 2.28. The highest BCUT2D eigenvalue weighted by atomic mass is 35.5. The topological polar surface area (TPSA) is 93.5 Å². The van der Waals surface area contributed by atoms with Crippen molar-refractivity contribution in [2.24, 2.45) is 0 Å². The van der Waals surface area contributed by atoms with E-state index in [4.69, 9.17) is 27.9 Å². The number of halogens is 2. The Hall–Kier alpha value is -2.51. The third kappa shape index (κ3) is 4.74. The standard InChI is InChI=1S/C16H15Cl2N3O4/c1-9(19-10-3-6-15(25-2)13(18)7-10)16(22)20-14-5-4-11(21(23)24)8-12(14)17/h3-9,19H,1-2H3,(H,20,22)/t9-/m0/s1. The van der Waals surface area contributed by atoms with Crippen molar-refractivity contribution in [1.29, 1.82) is 0 Å². The van der Waals surface area contributed by atoms with Crippen LogP contribution >= 0.6 is 23.2 Å². The van der Waals surface area contributed by atoms with Gasteiger partial charge in [-0.05, 0) is 31.2 Å². The van der Waals surface area contributed by atoms with E-state index in [0.29, 0.717) is 22.1 Å². The Bertz CT molecular complexity index is 814. The van der Waals surface area contributed by atoms with Gasteiger partial charge in [0, 0.05) is 17.8 Å². The van der Waals surface area contributed by atoms with E-state index in [9.17, 15) is 14.9 Å². The van der Waals surface area contributed by atoms with Gasteiger partial charge in [0.05, 0.1) is 27.8 Å². The molecule has 0 saturated carbocycles. The smallest absolute Gasteiger partial charge is 0.271 e. The Kier molecular flexibility index (Phi) is 6.06. The first kappa shape index (κ1) is 18.8. The highest BCUT2D eigenvalue weighted by Gasteiger charge is 2.16. The minimum atomic E-state index is -0.601. The van der Waals surface area contributed by atoms with Crippen LogP contribution in [0, 0.1) is 10.1 Å². The maximum atomic E-state index is 12.3. The number of methoxy groups -OCH3 is 1. The number of carbonyl (C=O) groups excluding carboxylic acids is 1. The number of hydrogen-bond acceptors (Lipinski definition) is 5. The number of rotatable bonds is 6. The third-order valence-electron chi connectivity index (χ3n) is 3.35. The van der Waals surface area contributed by atoms with Gasteiger partial charge in [-0.15, -0.1) is 0 Å². The van der Waals surface area contributed by atoms with Crippen molar-refractivity contribution in [3.63, 3.8) is 0 Å². The second-order valence-corrected chi connectivity index (χ2v) is 5.94. The number of hydrogen-bond donors (Lipinski definition) is 2. The van der Waals surface area contributed by atoms with Gasteiger partial charge in [-0.1, -0.05) is 23.2 Å². The summed E-state index contributed by atoms with van der Waals surface area (Å²) in [5.41, 5.74) is 0.781. The number of nitrogens with one attached hydrogen (secondary N) is 2. The quantitative estimate of drug-likeness (QED) is 0.571. The number of non-ortho nitro benzene ring substituents is 1. The molecule has 0 unspecified atom stereocenters. The van der Waals surface area contributed by atoms with Crippen molar-refractivity contribution in [3.8, 4) is 5.75 Å². The molecule has 0 spiro atoms. The van der Waals surface area contributed by atoms with E-state index in [1.807, 2.05) is 0 Å². The number of nitro benzene ring substituents is 1. The molecule has 0 bridgehead atoms. The predicted molar refractivity (Wildman–Crippen MR) is 97.8 cm³/mol. The maximum absolute atomic E-state index is 12.3. The predicted octanol–water partition coefficient (Wildman–Crippen LogP) is 4.35. The summed E-state index contributed by atoms with van der Waals surface area (Å²) in [7, 11) is 1.51. The first-order valence-electron chi connectivity index (χ1n) is 7.16. The highest BCUT2D eigenvalue weighted by molar-refractivity contribution is 6.34. The van der Waals surface area contributed by atoms with Gasteiger partial charge >= 0.3 is 0 Å². The number of nitro groups is 1. The Morgan fingerprint density at radius 3 is 2.48 bits per heavy atom. The first-order valence-corrected chi connectivity index (χ1v) is 7.92. The molecule has 0 fully saturated rings. The number of ether oxygens (including phenoxy) is 1. The third-order valence-corrected chi connectivity index (χ3v) is 3.96. The van der Waals surface area contributed by atoms with E-state index in [-0.39, 0.29) is 16.6 Å². The molecular weight excluding hydrogens is 369 g/mol. The largest absolute Gasteiger partial charge is 0.495 e. The number of nitrogens with zero attached hydrogens (tertiary/aromatic N) is 1. The molecule has 2 N–H and O–H groups in total. The summed E-state index contributed by atoms with van der Waals surface area (Å²) in [6.45, 7) is 1.66. The van der Waals surface area contributed by atoms with Crippen molar-refractivity contribution in [3.05, 3.63) is 56.6 Å². The fourth-order valence-electron chi connectivity index (χ4n) is 2.03. The van der Waals surface area contributed by atoms with E-state index >= 15 is 0 Å². The van der Waals surface area contributed by atoms with Gasteiger partial charge < -0.3 is 15.4 Å². The molecular formula is C16H15Cl2N3O4. The van der Waals surface area contributed by atoms with Crippen LogP contribution in [-0.2, 0) is 4.79 Å². The number of amides is 1. The average molecular weight is 384 g/mol.